The number of hydrogen-bond acceptors (Lipinski definition) is 4. The van der Waals surface area contributed by atoms with Gasteiger partial charge in [0, 0.05) is 38.3 Å². The van der Waals surface area contributed by atoms with Gasteiger partial charge in [0.2, 0.25) is 15.9 Å². The zero-order valence-electron chi connectivity index (χ0n) is 17.0. The lowest BCUT2D eigenvalue weighted by Crippen LogP contribution is -2.51. The predicted molar refractivity (Wildman–Crippen MR) is 116 cm³/mol. The topological polar surface area (TPSA) is 70.6 Å². The van der Waals surface area contributed by atoms with Crippen LogP contribution in [0.15, 0.2) is 47.5 Å². The number of hydrogen-bond donors (Lipinski definition) is 0. The first kappa shape index (κ1) is 21.3. The largest absolute Gasteiger partial charge is 0.340 e. The molecule has 2 aliphatic rings. The van der Waals surface area contributed by atoms with Crippen molar-refractivity contribution in [1.29, 1.82) is 0 Å². The molecule has 0 bridgehead atoms. The van der Waals surface area contributed by atoms with Crippen molar-refractivity contribution in [3.63, 3.8) is 0 Å². The minimum Gasteiger partial charge on any atom is -0.340 e. The summed E-state index contributed by atoms with van der Waals surface area (Å²) in [6.07, 6.45) is 4.53. The summed E-state index contributed by atoms with van der Waals surface area (Å²) >= 11 is 6.09. The van der Waals surface area contributed by atoms with Crippen LogP contribution in [0.3, 0.4) is 0 Å². The number of pyridine rings is 1. The van der Waals surface area contributed by atoms with E-state index in [1.165, 1.54) is 16.6 Å². The van der Waals surface area contributed by atoms with E-state index in [4.69, 9.17) is 11.6 Å². The second kappa shape index (κ2) is 8.65. The summed E-state index contributed by atoms with van der Waals surface area (Å²) in [7, 11) is -3.71. The van der Waals surface area contributed by atoms with Crippen LogP contribution in [-0.2, 0) is 14.8 Å². The molecule has 2 fully saturated rings. The molecule has 1 amide bonds. The van der Waals surface area contributed by atoms with Crippen molar-refractivity contribution >= 4 is 27.5 Å². The van der Waals surface area contributed by atoms with Crippen molar-refractivity contribution in [2.24, 2.45) is 0 Å². The van der Waals surface area contributed by atoms with Crippen LogP contribution in [0.5, 0.6) is 0 Å². The third-order valence-electron chi connectivity index (χ3n) is 6.18. The van der Waals surface area contributed by atoms with Gasteiger partial charge in [-0.25, -0.2) is 8.42 Å². The number of benzene rings is 1. The summed E-state index contributed by atoms with van der Waals surface area (Å²) in [5.74, 6) is -0.0452. The van der Waals surface area contributed by atoms with Gasteiger partial charge in [0.15, 0.2) is 0 Å². The van der Waals surface area contributed by atoms with Crippen LogP contribution in [0.2, 0.25) is 5.02 Å². The Morgan fingerprint density at radius 3 is 2.40 bits per heavy atom. The second-order valence-electron chi connectivity index (χ2n) is 8.03. The number of carbonyl (C=O) groups is 1. The second-order valence-corrected chi connectivity index (χ2v) is 10.4. The molecule has 1 saturated heterocycles. The van der Waals surface area contributed by atoms with Crippen molar-refractivity contribution in [3.05, 3.63) is 58.9 Å². The molecule has 1 aromatic carbocycles. The van der Waals surface area contributed by atoms with Crippen LogP contribution in [0.25, 0.3) is 0 Å². The lowest BCUT2D eigenvalue weighted by Gasteiger charge is -2.36. The molecule has 1 aliphatic heterocycles. The molecule has 8 heteroatoms. The number of rotatable bonds is 5. The summed E-state index contributed by atoms with van der Waals surface area (Å²) in [6, 6.07) is 11.2. The number of nitrogens with zero attached hydrogens (tertiary/aromatic N) is 3. The summed E-state index contributed by atoms with van der Waals surface area (Å²) in [5, 5.41) is 0.321. The predicted octanol–water partition coefficient (Wildman–Crippen LogP) is 3.64. The highest BCUT2D eigenvalue weighted by Crippen LogP contribution is 2.39. The van der Waals surface area contributed by atoms with Crippen LogP contribution in [0, 0.1) is 0 Å². The van der Waals surface area contributed by atoms with Gasteiger partial charge in [0.05, 0.1) is 16.6 Å². The highest BCUT2D eigenvalue weighted by Gasteiger charge is 2.35. The van der Waals surface area contributed by atoms with E-state index in [-0.39, 0.29) is 35.7 Å². The Kier molecular flexibility index (Phi) is 6.14. The number of halogens is 1. The van der Waals surface area contributed by atoms with Crippen molar-refractivity contribution in [3.8, 4) is 0 Å². The Morgan fingerprint density at radius 2 is 1.80 bits per heavy atom. The van der Waals surface area contributed by atoms with E-state index in [0.717, 1.165) is 24.8 Å². The van der Waals surface area contributed by atoms with Gasteiger partial charge >= 0.3 is 0 Å². The molecular formula is C22H26ClN3O3S. The third kappa shape index (κ3) is 4.11. The van der Waals surface area contributed by atoms with Crippen LogP contribution in [-0.4, -0.2) is 54.7 Å². The van der Waals surface area contributed by atoms with Gasteiger partial charge in [-0.05, 0) is 31.4 Å². The lowest BCUT2D eigenvalue weighted by molar-refractivity contribution is -0.133. The lowest BCUT2D eigenvalue weighted by atomic mass is 9.83. The van der Waals surface area contributed by atoms with Crippen LogP contribution in [0.1, 0.15) is 49.3 Å². The Hall–Kier alpha value is -1.96. The van der Waals surface area contributed by atoms with E-state index < -0.39 is 10.0 Å². The maximum Gasteiger partial charge on any atom is 0.245 e. The molecule has 0 radical (unpaired) electrons. The fourth-order valence-electron chi connectivity index (χ4n) is 4.07. The molecule has 6 nitrogen and oxygen atoms in total. The molecule has 1 aromatic heterocycles. The van der Waals surface area contributed by atoms with E-state index in [2.05, 4.69) is 4.98 Å². The first-order valence-electron chi connectivity index (χ1n) is 10.4. The van der Waals surface area contributed by atoms with E-state index in [1.807, 2.05) is 37.3 Å². The zero-order valence-corrected chi connectivity index (χ0v) is 18.6. The van der Waals surface area contributed by atoms with Gasteiger partial charge in [-0.3, -0.25) is 9.78 Å². The summed E-state index contributed by atoms with van der Waals surface area (Å²) in [6.45, 7) is 3.19. The average Bonchev–Trinajstić information content (AvgIpc) is 2.73. The first-order chi connectivity index (χ1) is 14.4. The van der Waals surface area contributed by atoms with Crippen molar-refractivity contribution < 1.29 is 13.2 Å². The van der Waals surface area contributed by atoms with E-state index in [0.29, 0.717) is 23.8 Å². The molecule has 0 unspecified atom stereocenters. The minimum atomic E-state index is -3.71. The van der Waals surface area contributed by atoms with E-state index in [1.54, 1.807) is 4.90 Å². The smallest absolute Gasteiger partial charge is 0.245 e. The number of piperazine rings is 1. The summed E-state index contributed by atoms with van der Waals surface area (Å²) in [4.78, 5) is 19.2. The maximum atomic E-state index is 13.4. The van der Waals surface area contributed by atoms with Gasteiger partial charge in [0.25, 0.3) is 0 Å². The standard InChI is InChI=1S/C22H26ClN3O3S/c1-16(17-6-3-2-4-7-17)22(27)25-10-12-26(13-11-25)30(28,29)20-14-19(23)15-24-21(20)18-8-5-9-18/h2-4,6-7,14-16,18H,5,8-13H2,1H3/t16-/m1/s1. The van der Waals surface area contributed by atoms with Gasteiger partial charge < -0.3 is 4.90 Å². The van der Waals surface area contributed by atoms with E-state index in [9.17, 15) is 13.2 Å². The number of sulfonamides is 1. The van der Waals surface area contributed by atoms with Crippen molar-refractivity contribution in [1.82, 2.24) is 14.2 Å². The SMILES string of the molecule is C[C@@H](C(=O)N1CCN(S(=O)(=O)c2cc(Cl)cnc2C2CCC2)CC1)c1ccccc1. The number of aromatic nitrogens is 1. The van der Waals surface area contributed by atoms with Crippen LogP contribution < -0.4 is 0 Å². The van der Waals surface area contributed by atoms with E-state index >= 15 is 0 Å². The molecule has 30 heavy (non-hydrogen) atoms. The molecule has 1 atom stereocenters. The average molecular weight is 448 g/mol. The molecule has 1 aliphatic carbocycles. The Labute approximate surface area is 182 Å². The molecule has 1 saturated carbocycles. The Bertz CT molecular complexity index is 1020. The van der Waals surface area contributed by atoms with Gasteiger partial charge in [-0.15, -0.1) is 0 Å². The normalized spacial score (nSPS) is 19.3. The molecule has 0 N–H and O–H groups in total. The summed E-state index contributed by atoms with van der Waals surface area (Å²) in [5.41, 5.74) is 1.59. The minimum absolute atomic E-state index is 0.0258. The van der Waals surface area contributed by atoms with Crippen LogP contribution >= 0.6 is 11.6 Å². The maximum absolute atomic E-state index is 13.4. The molecule has 2 aromatic rings. The molecule has 160 valence electrons. The van der Waals surface area contributed by atoms with Crippen molar-refractivity contribution in [2.45, 2.75) is 42.9 Å². The highest BCUT2D eigenvalue weighted by molar-refractivity contribution is 7.89. The Morgan fingerprint density at radius 1 is 1.13 bits per heavy atom. The van der Waals surface area contributed by atoms with Gasteiger partial charge in [0.1, 0.15) is 4.90 Å². The monoisotopic (exact) mass is 447 g/mol. The zero-order chi connectivity index (χ0) is 21.3. The fraction of sp³-hybridized carbons (Fsp3) is 0.455. The molecule has 0 spiro atoms. The molecular weight excluding hydrogens is 422 g/mol. The molecule has 4 rings (SSSR count). The highest BCUT2D eigenvalue weighted by atomic mass is 35.5. The van der Waals surface area contributed by atoms with Crippen molar-refractivity contribution in [2.75, 3.05) is 26.2 Å². The fourth-order valence-corrected chi connectivity index (χ4v) is 5.98. The first-order valence-corrected chi connectivity index (χ1v) is 12.2. The Balaban J connectivity index is 1.47. The van der Waals surface area contributed by atoms with Gasteiger partial charge in [-0.1, -0.05) is 48.4 Å². The van der Waals surface area contributed by atoms with Crippen LogP contribution in [0.4, 0.5) is 0 Å². The quantitative estimate of drug-likeness (QED) is 0.701. The summed E-state index contributed by atoms with van der Waals surface area (Å²) < 4.78 is 28.2. The third-order valence-corrected chi connectivity index (χ3v) is 8.31. The number of amides is 1. The van der Waals surface area contributed by atoms with Gasteiger partial charge in [-0.2, -0.15) is 4.31 Å². The number of carbonyl (C=O) groups excluding carboxylic acids is 1. The molecule has 2 heterocycles.